The molecule has 2 aromatic rings. The summed E-state index contributed by atoms with van der Waals surface area (Å²) >= 11 is 0. The minimum Gasteiger partial charge on any atom is -0.453 e. The lowest BCUT2D eigenvalue weighted by molar-refractivity contribution is 0.0968. The lowest BCUT2D eigenvalue weighted by Gasteiger charge is -1.98. The third kappa shape index (κ3) is 2.06. The number of rotatable bonds is 4. The summed E-state index contributed by atoms with van der Waals surface area (Å²) in [4.78, 5) is 11.8. The predicted molar refractivity (Wildman–Crippen MR) is 64.6 cm³/mol. The van der Waals surface area contributed by atoms with Gasteiger partial charge in [-0.05, 0) is 18.6 Å². The highest BCUT2D eigenvalue weighted by Gasteiger charge is 2.12. The Labute approximate surface area is 94.6 Å². The lowest BCUT2D eigenvalue weighted by atomic mass is 10.1. The van der Waals surface area contributed by atoms with Gasteiger partial charge in [-0.3, -0.25) is 4.79 Å². The summed E-state index contributed by atoms with van der Waals surface area (Å²) in [5.74, 6) is 0.429. The van der Waals surface area contributed by atoms with E-state index in [-0.39, 0.29) is 5.78 Å². The molecule has 0 saturated carbocycles. The number of Topliss-reactive ketones (excluding diaryl/α,β-unsaturated/α-hetero) is 1. The zero-order valence-corrected chi connectivity index (χ0v) is 9.32. The number of hydrogen-bond donors (Lipinski definition) is 0. The minimum absolute atomic E-state index is 0.00282. The van der Waals surface area contributed by atoms with E-state index in [1.807, 2.05) is 31.2 Å². The highest BCUT2D eigenvalue weighted by Crippen LogP contribution is 2.21. The van der Waals surface area contributed by atoms with Gasteiger partial charge < -0.3 is 4.42 Å². The summed E-state index contributed by atoms with van der Waals surface area (Å²) in [6, 6.07) is 9.41. The van der Waals surface area contributed by atoms with Crippen molar-refractivity contribution in [1.82, 2.24) is 0 Å². The standard InChI is InChI=1S/C14H14O2/c1-3-10(2)8-12(15)14-9-11-6-4-5-7-13(11)16-14/h4-7,9H,2-3,8H2,1H3. The molecule has 0 aliphatic rings. The highest BCUT2D eigenvalue weighted by molar-refractivity contribution is 5.98. The molecule has 0 aliphatic heterocycles. The zero-order chi connectivity index (χ0) is 11.5. The lowest BCUT2D eigenvalue weighted by Crippen LogP contribution is -1.97. The van der Waals surface area contributed by atoms with E-state index >= 15 is 0 Å². The molecule has 2 nitrogen and oxygen atoms in total. The molecule has 0 fully saturated rings. The van der Waals surface area contributed by atoms with E-state index in [4.69, 9.17) is 4.42 Å². The van der Waals surface area contributed by atoms with Crippen LogP contribution in [0.4, 0.5) is 0 Å². The van der Waals surface area contributed by atoms with Gasteiger partial charge in [0.15, 0.2) is 5.76 Å². The molecule has 2 rings (SSSR count). The van der Waals surface area contributed by atoms with Gasteiger partial charge in [-0.15, -0.1) is 0 Å². The maximum atomic E-state index is 11.8. The first-order valence-corrected chi connectivity index (χ1v) is 5.39. The second kappa shape index (κ2) is 4.35. The number of hydrogen-bond acceptors (Lipinski definition) is 2. The Morgan fingerprint density at radius 3 is 2.81 bits per heavy atom. The summed E-state index contributed by atoms with van der Waals surface area (Å²) in [7, 11) is 0. The SMILES string of the molecule is C=C(CC)CC(=O)c1cc2ccccc2o1. The molecule has 0 unspecified atom stereocenters. The molecule has 1 heterocycles. The van der Waals surface area contributed by atoms with Gasteiger partial charge in [0.25, 0.3) is 0 Å². The molecule has 1 aromatic heterocycles. The Morgan fingerprint density at radius 2 is 2.12 bits per heavy atom. The Morgan fingerprint density at radius 1 is 1.38 bits per heavy atom. The first kappa shape index (κ1) is 10.7. The molecule has 0 amide bonds. The van der Waals surface area contributed by atoms with Gasteiger partial charge in [0.2, 0.25) is 5.78 Å². The van der Waals surface area contributed by atoms with E-state index in [9.17, 15) is 4.79 Å². The van der Waals surface area contributed by atoms with Crippen LogP contribution in [0.2, 0.25) is 0 Å². The Bertz CT molecular complexity index is 501. The van der Waals surface area contributed by atoms with E-state index in [0.717, 1.165) is 23.0 Å². The number of para-hydroxylation sites is 1. The number of allylic oxidation sites excluding steroid dienone is 1. The number of benzene rings is 1. The average molecular weight is 214 g/mol. The highest BCUT2D eigenvalue weighted by atomic mass is 16.3. The molecule has 0 N–H and O–H groups in total. The summed E-state index contributed by atoms with van der Waals surface area (Å²) < 4.78 is 5.48. The maximum absolute atomic E-state index is 11.8. The summed E-state index contributed by atoms with van der Waals surface area (Å²) in [6.45, 7) is 5.82. The molecule has 0 aliphatic carbocycles. The van der Waals surface area contributed by atoms with E-state index in [1.165, 1.54) is 0 Å². The molecule has 0 atom stereocenters. The molecule has 82 valence electrons. The van der Waals surface area contributed by atoms with Gasteiger partial charge >= 0.3 is 0 Å². The van der Waals surface area contributed by atoms with Crippen LogP contribution < -0.4 is 0 Å². The molecule has 2 heteroatoms. The van der Waals surface area contributed by atoms with Crippen molar-refractivity contribution in [3.05, 3.63) is 48.2 Å². The van der Waals surface area contributed by atoms with Crippen molar-refractivity contribution >= 4 is 16.8 Å². The quantitative estimate of drug-likeness (QED) is 0.569. The monoisotopic (exact) mass is 214 g/mol. The fourth-order valence-corrected chi connectivity index (χ4v) is 1.56. The van der Waals surface area contributed by atoms with Crippen molar-refractivity contribution in [2.24, 2.45) is 0 Å². The average Bonchev–Trinajstić information content (AvgIpc) is 2.72. The normalized spacial score (nSPS) is 10.6. The minimum atomic E-state index is 0.00282. The van der Waals surface area contributed by atoms with Gasteiger partial charge in [0.05, 0.1) is 0 Å². The summed E-state index contributed by atoms with van der Waals surface area (Å²) in [5.41, 5.74) is 1.69. The third-order valence-electron chi connectivity index (χ3n) is 2.61. The molecule has 0 spiro atoms. The Balaban J connectivity index is 2.26. The van der Waals surface area contributed by atoms with E-state index in [1.54, 1.807) is 6.07 Å². The smallest absolute Gasteiger partial charge is 0.202 e. The summed E-state index contributed by atoms with van der Waals surface area (Å²) in [5, 5.41) is 0.966. The van der Waals surface area contributed by atoms with Crippen LogP contribution >= 0.6 is 0 Å². The molecular weight excluding hydrogens is 200 g/mol. The molecule has 0 bridgehead atoms. The van der Waals surface area contributed by atoms with Crippen molar-refractivity contribution in [1.29, 1.82) is 0 Å². The van der Waals surface area contributed by atoms with Gasteiger partial charge in [0, 0.05) is 11.8 Å². The van der Waals surface area contributed by atoms with Gasteiger partial charge in [-0.2, -0.15) is 0 Å². The van der Waals surface area contributed by atoms with E-state index in [0.29, 0.717) is 12.2 Å². The van der Waals surface area contributed by atoms with Crippen LogP contribution in [0, 0.1) is 0 Å². The first-order valence-electron chi connectivity index (χ1n) is 5.39. The van der Waals surface area contributed by atoms with Gasteiger partial charge in [-0.1, -0.05) is 37.3 Å². The third-order valence-corrected chi connectivity index (χ3v) is 2.61. The fourth-order valence-electron chi connectivity index (χ4n) is 1.56. The van der Waals surface area contributed by atoms with Crippen LogP contribution in [0.25, 0.3) is 11.0 Å². The van der Waals surface area contributed by atoms with E-state index < -0.39 is 0 Å². The van der Waals surface area contributed by atoms with Crippen LogP contribution in [0.3, 0.4) is 0 Å². The summed E-state index contributed by atoms with van der Waals surface area (Å²) in [6.07, 6.45) is 1.20. The maximum Gasteiger partial charge on any atom is 0.202 e. The number of fused-ring (bicyclic) bond motifs is 1. The van der Waals surface area contributed by atoms with Gasteiger partial charge in [-0.25, -0.2) is 0 Å². The first-order chi connectivity index (χ1) is 7.70. The van der Waals surface area contributed by atoms with Crippen LogP contribution in [0.1, 0.15) is 30.3 Å². The second-order valence-electron chi connectivity index (χ2n) is 3.85. The number of carbonyl (C=O) groups excluding carboxylic acids is 1. The van der Waals surface area contributed by atoms with Crippen molar-refractivity contribution in [2.45, 2.75) is 19.8 Å². The van der Waals surface area contributed by atoms with Crippen molar-refractivity contribution in [2.75, 3.05) is 0 Å². The number of furan rings is 1. The van der Waals surface area contributed by atoms with Gasteiger partial charge in [0.1, 0.15) is 5.58 Å². The predicted octanol–water partition coefficient (Wildman–Crippen LogP) is 3.97. The van der Waals surface area contributed by atoms with Crippen LogP contribution in [-0.4, -0.2) is 5.78 Å². The zero-order valence-electron chi connectivity index (χ0n) is 9.32. The molecule has 16 heavy (non-hydrogen) atoms. The second-order valence-corrected chi connectivity index (χ2v) is 3.85. The molecule has 1 aromatic carbocycles. The van der Waals surface area contributed by atoms with Crippen LogP contribution in [0.15, 0.2) is 46.9 Å². The topological polar surface area (TPSA) is 30.2 Å². The van der Waals surface area contributed by atoms with Crippen molar-refractivity contribution < 1.29 is 9.21 Å². The number of ketones is 1. The molecule has 0 saturated heterocycles. The van der Waals surface area contributed by atoms with Crippen LogP contribution in [0.5, 0.6) is 0 Å². The molecular formula is C14H14O2. The Kier molecular flexibility index (Phi) is 2.91. The largest absolute Gasteiger partial charge is 0.453 e. The Hall–Kier alpha value is -1.83. The van der Waals surface area contributed by atoms with Crippen molar-refractivity contribution in [3.63, 3.8) is 0 Å². The number of carbonyl (C=O) groups is 1. The fraction of sp³-hybridized carbons (Fsp3) is 0.214. The van der Waals surface area contributed by atoms with Crippen LogP contribution in [-0.2, 0) is 0 Å². The van der Waals surface area contributed by atoms with E-state index in [2.05, 4.69) is 6.58 Å². The molecule has 0 radical (unpaired) electrons. The van der Waals surface area contributed by atoms with Crippen molar-refractivity contribution in [3.8, 4) is 0 Å².